The number of halogens is 2. The lowest BCUT2D eigenvalue weighted by molar-refractivity contribution is -0.123. The molecule has 2 aromatic rings. The molecule has 2 aromatic carbocycles. The summed E-state index contributed by atoms with van der Waals surface area (Å²) in [5.74, 6) is -0.257. The van der Waals surface area contributed by atoms with Crippen LogP contribution >= 0.6 is 23.2 Å². The molecule has 2 aliphatic heterocycles. The number of rotatable bonds is 3. The zero-order valence-electron chi connectivity index (χ0n) is 14.3. The van der Waals surface area contributed by atoms with Gasteiger partial charge >= 0.3 is 6.03 Å². The van der Waals surface area contributed by atoms with Gasteiger partial charge in [-0.1, -0.05) is 35.3 Å². The molecule has 2 heterocycles. The number of fused-ring (bicyclic) bond motifs is 1. The van der Waals surface area contributed by atoms with Crippen LogP contribution in [0, 0.1) is 11.3 Å². The van der Waals surface area contributed by atoms with Gasteiger partial charge in [0.1, 0.15) is 5.54 Å². The number of carbonyl (C=O) groups excluding carboxylic acids is 2. The Morgan fingerprint density at radius 1 is 1.07 bits per heavy atom. The minimum Gasteiger partial charge on any atom is -0.309 e. The van der Waals surface area contributed by atoms with E-state index in [2.05, 4.69) is 6.07 Å². The van der Waals surface area contributed by atoms with E-state index >= 15 is 0 Å². The van der Waals surface area contributed by atoms with Gasteiger partial charge in [-0.15, -0.1) is 0 Å². The van der Waals surface area contributed by atoms with Crippen molar-refractivity contribution in [1.29, 1.82) is 5.26 Å². The second kappa shape index (κ2) is 6.56. The number of carbonyl (C=O) groups is 2. The number of benzene rings is 2. The summed E-state index contributed by atoms with van der Waals surface area (Å²) >= 11 is 12.1. The molecule has 1 unspecified atom stereocenters. The summed E-state index contributed by atoms with van der Waals surface area (Å²) in [6, 6.07) is 13.6. The Balaban J connectivity index is 1.72. The Morgan fingerprint density at radius 2 is 1.74 bits per heavy atom. The predicted octanol–water partition coefficient (Wildman–Crippen LogP) is 4.41. The highest BCUT2D eigenvalue weighted by Gasteiger charge is 2.59. The summed E-state index contributed by atoms with van der Waals surface area (Å²) in [6.07, 6.45) is 1.79. The molecule has 7 heteroatoms. The third-order valence-corrected chi connectivity index (χ3v) is 5.63. The fraction of sp³-hybridized carbons (Fsp3) is 0.250. The van der Waals surface area contributed by atoms with Gasteiger partial charge in [-0.2, -0.15) is 5.26 Å². The highest BCUT2D eigenvalue weighted by Crippen LogP contribution is 2.42. The summed E-state index contributed by atoms with van der Waals surface area (Å²) in [7, 11) is 0. The Bertz CT molecular complexity index is 963. The minimum absolute atomic E-state index is 0.257. The van der Waals surface area contributed by atoms with Gasteiger partial charge in [0, 0.05) is 23.0 Å². The third-order valence-electron chi connectivity index (χ3n) is 5.20. The molecule has 2 saturated heterocycles. The quantitative estimate of drug-likeness (QED) is 0.717. The van der Waals surface area contributed by atoms with Gasteiger partial charge in [0.15, 0.2) is 0 Å². The van der Waals surface area contributed by atoms with Crippen molar-refractivity contribution in [3.05, 3.63) is 63.6 Å². The van der Waals surface area contributed by atoms with Crippen LogP contribution in [-0.2, 0) is 11.2 Å². The van der Waals surface area contributed by atoms with Gasteiger partial charge in [0.25, 0.3) is 5.91 Å². The summed E-state index contributed by atoms with van der Waals surface area (Å²) in [4.78, 5) is 29.2. The van der Waals surface area contributed by atoms with Crippen molar-refractivity contribution in [2.75, 3.05) is 11.4 Å². The summed E-state index contributed by atoms with van der Waals surface area (Å²) in [5, 5.41) is 9.69. The molecule has 0 aliphatic carbocycles. The van der Waals surface area contributed by atoms with E-state index in [1.54, 1.807) is 35.2 Å². The van der Waals surface area contributed by atoms with Crippen LogP contribution in [0.3, 0.4) is 0 Å². The topological polar surface area (TPSA) is 64.4 Å². The average Bonchev–Trinajstić information content (AvgIpc) is 3.13. The zero-order valence-corrected chi connectivity index (χ0v) is 15.8. The van der Waals surface area contributed by atoms with E-state index in [0.29, 0.717) is 40.7 Å². The summed E-state index contributed by atoms with van der Waals surface area (Å²) < 4.78 is 0. The maximum absolute atomic E-state index is 13.4. The molecule has 27 heavy (non-hydrogen) atoms. The number of amides is 3. The van der Waals surface area contributed by atoms with Crippen molar-refractivity contribution < 1.29 is 9.59 Å². The van der Waals surface area contributed by atoms with Gasteiger partial charge in [0.05, 0.1) is 17.3 Å². The number of hydrogen-bond donors (Lipinski definition) is 0. The number of nitriles is 1. The van der Waals surface area contributed by atoms with E-state index in [9.17, 15) is 9.59 Å². The molecule has 0 aromatic heterocycles. The first kappa shape index (κ1) is 17.8. The smallest absolute Gasteiger partial charge is 0.309 e. The van der Waals surface area contributed by atoms with Crippen LogP contribution < -0.4 is 4.90 Å². The maximum atomic E-state index is 13.4. The first-order valence-corrected chi connectivity index (χ1v) is 9.31. The number of urea groups is 1. The molecule has 0 spiro atoms. The molecule has 0 saturated carbocycles. The molecule has 3 amide bonds. The van der Waals surface area contributed by atoms with E-state index in [0.717, 1.165) is 12.0 Å². The van der Waals surface area contributed by atoms with E-state index in [1.165, 1.54) is 4.90 Å². The normalized spacial score (nSPS) is 21.5. The molecule has 2 fully saturated rings. The van der Waals surface area contributed by atoms with E-state index in [4.69, 9.17) is 28.5 Å². The second-order valence-electron chi connectivity index (χ2n) is 6.82. The van der Waals surface area contributed by atoms with Crippen LogP contribution in [-0.4, -0.2) is 28.9 Å². The standard InChI is InChI=1S/C20H15Cl2N3O2/c21-15-8-16(22)10-17(9-15)25-18(26)20(6-1-7-24(20)19(25)27)11-13-2-4-14(12-23)5-3-13/h2-5,8-10H,1,6-7,11H2. The number of anilines is 1. The van der Waals surface area contributed by atoms with Crippen molar-refractivity contribution in [3.8, 4) is 6.07 Å². The third kappa shape index (κ3) is 2.86. The van der Waals surface area contributed by atoms with Crippen LogP contribution in [0.15, 0.2) is 42.5 Å². The fourth-order valence-corrected chi connectivity index (χ4v) is 4.50. The fourth-order valence-electron chi connectivity index (χ4n) is 3.99. The molecule has 4 rings (SSSR count). The Morgan fingerprint density at radius 3 is 2.37 bits per heavy atom. The maximum Gasteiger partial charge on any atom is 0.332 e. The minimum atomic E-state index is -0.903. The Labute approximate surface area is 166 Å². The van der Waals surface area contributed by atoms with E-state index in [-0.39, 0.29) is 11.9 Å². The van der Waals surface area contributed by atoms with Crippen LogP contribution in [0.1, 0.15) is 24.0 Å². The first-order chi connectivity index (χ1) is 12.9. The highest BCUT2D eigenvalue weighted by molar-refractivity contribution is 6.35. The van der Waals surface area contributed by atoms with Crippen LogP contribution in [0.4, 0.5) is 10.5 Å². The van der Waals surface area contributed by atoms with Crippen molar-refractivity contribution in [1.82, 2.24) is 4.90 Å². The molecule has 0 radical (unpaired) electrons. The molecule has 136 valence electrons. The largest absolute Gasteiger partial charge is 0.332 e. The van der Waals surface area contributed by atoms with Gasteiger partial charge < -0.3 is 4.90 Å². The summed E-state index contributed by atoms with van der Waals surface area (Å²) in [6.45, 7) is 0.533. The predicted molar refractivity (Wildman–Crippen MR) is 103 cm³/mol. The van der Waals surface area contributed by atoms with Gasteiger partial charge in [0.2, 0.25) is 0 Å². The van der Waals surface area contributed by atoms with Crippen molar-refractivity contribution in [2.45, 2.75) is 24.8 Å². The van der Waals surface area contributed by atoms with Crippen molar-refractivity contribution in [2.24, 2.45) is 0 Å². The lowest BCUT2D eigenvalue weighted by atomic mass is 9.88. The van der Waals surface area contributed by atoms with E-state index < -0.39 is 5.54 Å². The molecule has 1 atom stereocenters. The van der Waals surface area contributed by atoms with Crippen LogP contribution in [0.25, 0.3) is 0 Å². The lowest BCUT2D eigenvalue weighted by Gasteiger charge is -2.28. The van der Waals surface area contributed by atoms with E-state index in [1.807, 2.05) is 12.1 Å². The lowest BCUT2D eigenvalue weighted by Crippen LogP contribution is -2.47. The SMILES string of the molecule is N#Cc1ccc(CC23CCCN2C(=O)N(c2cc(Cl)cc(Cl)c2)C3=O)cc1. The van der Waals surface area contributed by atoms with Gasteiger partial charge in [-0.3, -0.25) is 4.79 Å². The van der Waals surface area contributed by atoms with Crippen LogP contribution in [0.5, 0.6) is 0 Å². The number of hydrogen-bond acceptors (Lipinski definition) is 3. The summed E-state index contributed by atoms with van der Waals surface area (Å²) in [5.41, 5.74) is 0.952. The second-order valence-corrected chi connectivity index (χ2v) is 7.70. The van der Waals surface area contributed by atoms with Gasteiger partial charge in [-0.25, -0.2) is 9.69 Å². The monoisotopic (exact) mass is 399 g/mol. The number of imide groups is 1. The Hall–Kier alpha value is -2.55. The highest BCUT2D eigenvalue weighted by atomic mass is 35.5. The average molecular weight is 400 g/mol. The molecule has 0 bridgehead atoms. The molecule has 5 nitrogen and oxygen atoms in total. The molecular formula is C20H15Cl2N3O2. The zero-order chi connectivity index (χ0) is 19.2. The molecule has 0 N–H and O–H groups in total. The van der Waals surface area contributed by atoms with Gasteiger partial charge in [-0.05, 0) is 48.7 Å². The molecular weight excluding hydrogens is 385 g/mol. The first-order valence-electron chi connectivity index (χ1n) is 8.56. The van der Waals surface area contributed by atoms with Crippen LogP contribution in [0.2, 0.25) is 10.0 Å². The Kier molecular flexibility index (Phi) is 4.33. The number of nitrogens with zero attached hydrogens (tertiary/aromatic N) is 3. The van der Waals surface area contributed by atoms with Crippen molar-refractivity contribution >= 4 is 40.8 Å². The molecule has 2 aliphatic rings. The van der Waals surface area contributed by atoms with Crippen molar-refractivity contribution in [3.63, 3.8) is 0 Å².